The molecule has 1 N–H and O–H groups in total. The van der Waals surface area contributed by atoms with Gasteiger partial charge in [0.2, 0.25) is 5.91 Å². The molecule has 1 saturated heterocycles. The number of likely N-dealkylation sites (tertiary alicyclic amines) is 1. The number of hydrogen-bond acceptors (Lipinski definition) is 4. The van der Waals surface area contributed by atoms with E-state index in [0.717, 1.165) is 4.90 Å². The van der Waals surface area contributed by atoms with E-state index in [1.54, 1.807) is 0 Å². The van der Waals surface area contributed by atoms with Crippen LogP contribution in [0.2, 0.25) is 0 Å². The fourth-order valence-corrected chi connectivity index (χ4v) is 3.14. The minimum Gasteiger partial charge on any atom is -0.480 e. The van der Waals surface area contributed by atoms with Crippen LogP contribution in [0.15, 0.2) is 0 Å². The molecule has 0 aromatic heterocycles. The number of hydrogen-bond donors (Lipinski definition) is 1. The predicted molar refractivity (Wildman–Crippen MR) is 56.7 cm³/mol. The highest BCUT2D eigenvalue weighted by molar-refractivity contribution is 7.92. The SMILES string of the molecule is CCS(=O)(=O)C1CCCN(CC(=O)O)C1=O. The Labute approximate surface area is 94.2 Å². The number of aliphatic carboxylic acids is 1. The van der Waals surface area contributed by atoms with Crippen molar-refractivity contribution in [1.29, 1.82) is 0 Å². The molecule has 6 nitrogen and oxygen atoms in total. The molecule has 1 amide bonds. The molecule has 16 heavy (non-hydrogen) atoms. The smallest absolute Gasteiger partial charge is 0.323 e. The number of carboxylic acids is 1. The van der Waals surface area contributed by atoms with Crippen molar-refractivity contribution in [1.82, 2.24) is 4.90 Å². The molecule has 1 rings (SSSR count). The molecule has 0 bridgehead atoms. The second-order valence-electron chi connectivity index (χ2n) is 3.74. The van der Waals surface area contributed by atoms with Crippen molar-refractivity contribution in [2.75, 3.05) is 18.8 Å². The quantitative estimate of drug-likeness (QED) is 0.725. The fraction of sp³-hybridized carbons (Fsp3) is 0.778. The number of rotatable bonds is 4. The van der Waals surface area contributed by atoms with Crippen molar-refractivity contribution in [3.63, 3.8) is 0 Å². The Morgan fingerprint density at radius 3 is 2.69 bits per heavy atom. The lowest BCUT2D eigenvalue weighted by atomic mass is 10.1. The first-order valence-electron chi connectivity index (χ1n) is 5.10. The molecule has 0 aromatic rings. The van der Waals surface area contributed by atoms with E-state index in [2.05, 4.69) is 0 Å². The number of amides is 1. The van der Waals surface area contributed by atoms with Crippen LogP contribution in [-0.2, 0) is 19.4 Å². The molecule has 1 atom stereocenters. The molecule has 0 aliphatic carbocycles. The summed E-state index contributed by atoms with van der Waals surface area (Å²) in [7, 11) is -3.42. The van der Waals surface area contributed by atoms with Crippen molar-refractivity contribution in [2.24, 2.45) is 0 Å². The van der Waals surface area contributed by atoms with Crippen molar-refractivity contribution >= 4 is 21.7 Å². The van der Waals surface area contributed by atoms with Crippen LogP contribution in [0.5, 0.6) is 0 Å². The largest absolute Gasteiger partial charge is 0.480 e. The molecule has 0 spiro atoms. The summed E-state index contributed by atoms with van der Waals surface area (Å²) in [5.74, 6) is -1.79. The van der Waals surface area contributed by atoms with E-state index in [1.807, 2.05) is 0 Å². The van der Waals surface area contributed by atoms with Gasteiger partial charge in [-0.25, -0.2) is 8.42 Å². The van der Waals surface area contributed by atoms with Gasteiger partial charge in [0.25, 0.3) is 0 Å². The number of carboxylic acid groups (broad SMARTS) is 1. The van der Waals surface area contributed by atoms with Crippen LogP contribution in [0.3, 0.4) is 0 Å². The second kappa shape index (κ2) is 4.82. The molecule has 1 heterocycles. The van der Waals surface area contributed by atoms with Gasteiger partial charge in [-0.1, -0.05) is 6.92 Å². The third-order valence-corrected chi connectivity index (χ3v) is 4.75. The highest BCUT2D eigenvalue weighted by Gasteiger charge is 2.37. The Morgan fingerprint density at radius 1 is 1.56 bits per heavy atom. The van der Waals surface area contributed by atoms with Crippen LogP contribution in [0.1, 0.15) is 19.8 Å². The van der Waals surface area contributed by atoms with Gasteiger partial charge in [0.1, 0.15) is 11.8 Å². The average molecular weight is 249 g/mol. The van der Waals surface area contributed by atoms with Gasteiger partial charge in [0, 0.05) is 12.3 Å². The normalized spacial score (nSPS) is 22.2. The van der Waals surface area contributed by atoms with Crippen molar-refractivity contribution in [2.45, 2.75) is 25.0 Å². The van der Waals surface area contributed by atoms with Gasteiger partial charge in [-0.05, 0) is 12.8 Å². The molecule has 1 aliphatic heterocycles. The Kier molecular flexibility index (Phi) is 3.90. The van der Waals surface area contributed by atoms with Crippen LogP contribution in [0.4, 0.5) is 0 Å². The molecule has 1 unspecified atom stereocenters. The second-order valence-corrected chi connectivity index (χ2v) is 6.21. The van der Waals surface area contributed by atoms with Gasteiger partial charge in [-0.15, -0.1) is 0 Å². The number of piperidine rings is 1. The van der Waals surface area contributed by atoms with Crippen LogP contribution >= 0.6 is 0 Å². The molecule has 0 radical (unpaired) electrons. The zero-order valence-corrected chi connectivity index (χ0v) is 9.87. The summed E-state index contributed by atoms with van der Waals surface area (Å²) >= 11 is 0. The topological polar surface area (TPSA) is 91.8 Å². The maximum Gasteiger partial charge on any atom is 0.323 e. The lowest BCUT2D eigenvalue weighted by Gasteiger charge is -2.30. The van der Waals surface area contributed by atoms with Crippen molar-refractivity contribution in [3.05, 3.63) is 0 Å². The average Bonchev–Trinajstić information content (AvgIpc) is 2.20. The summed E-state index contributed by atoms with van der Waals surface area (Å²) in [5, 5.41) is 7.54. The van der Waals surface area contributed by atoms with Gasteiger partial charge < -0.3 is 10.0 Å². The van der Waals surface area contributed by atoms with Gasteiger partial charge in [-0.3, -0.25) is 9.59 Å². The first-order chi connectivity index (χ1) is 7.38. The number of carbonyl (C=O) groups is 2. The van der Waals surface area contributed by atoms with E-state index in [1.165, 1.54) is 6.92 Å². The van der Waals surface area contributed by atoms with Crippen molar-refractivity contribution < 1.29 is 23.1 Å². The van der Waals surface area contributed by atoms with Crippen molar-refractivity contribution in [3.8, 4) is 0 Å². The highest BCUT2D eigenvalue weighted by atomic mass is 32.2. The highest BCUT2D eigenvalue weighted by Crippen LogP contribution is 2.19. The molecular formula is C9H15NO5S. The minimum atomic E-state index is -3.42. The first-order valence-corrected chi connectivity index (χ1v) is 6.82. The molecule has 1 aliphatic rings. The lowest BCUT2D eigenvalue weighted by molar-refractivity contribution is -0.145. The lowest BCUT2D eigenvalue weighted by Crippen LogP contribution is -2.49. The Morgan fingerprint density at radius 2 is 2.19 bits per heavy atom. The number of nitrogens with zero attached hydrogens (tertiary/aromatic N) is 1. The number of carbonyl (C=O) groups excluding carboxylic acids is 1. The molecule has 0 saturated carbocycles. The molecular weight excluding hydrogens is 234 g/mol. The molecule has 1 fully saturated rings. The summed E-state index contributed by atoms with van der Waals surface area (Å²) in [5.41, 5.74) is 0. The number of sulfone groups is 1. The summed E-state index contributed by atoms with van der Waals surface area (Å²) in [6.07, 6.45) is 0.827. The Bertz CT molecular complexity index is 389. The van der Waals surface area contributed by atoms with Crippen LogP contribution < -0.4 is 0 Å². The fourth-order valence-electron chi connectivity index (χ4n) is 1.76. The molecule has 7 heteroatoms. The summed E-state index contributed by atoms with van der Waals surface area (Å²) in [4.78, 5) is 23.3. The van der Waals surface area contributed by atoms with E-state index >= 15 is 0 Å². The Hall–Kier alpha value is -1.11. The van der Waals surface area contributed by atoms with Gasteiger partial charge in [0.05, 0.1) is 0 Å². The van der Waals surface area contributed by atoms with Crippen LogP contribution in [0, 0.1) is 0 Å². The summed E-state index contributed by atoms with van der Waals surface area (Å²) < 4.78 is 23.2. The standard InChI is InChI=1S/C9H15NO5S/c1-2-16(14,15)7-4-3-5-10(9(7)13)6-8(11)12/h7H,2-6H2,1H3,(H,11,12). The van der Waals surface area contributed by atoms with Gasteiger partial charge >= 0.3 is 5.97 Å². The van der Waals surface area contributed by atoms with Gasteiger partial charge in [0.15, 0.2) is 9.84 Å². The van der Waals surface area contributed by atoms with Gasteiger partial charge in [-0.2, -0.15) is 0 Å². The summed E-state index contributed by atoms with van der Waals surface area (Å²) in [6.45, 7) is 1.38. The predicted octanol–water partition coefficient (Wildman–Crippen LogP) is -0.503. The third-order valence-electron chi connectivity index (χ3n) is 2.64. The van der Waals surface area contributed by atoms with Crippen LogP contribution in [0.25, 0.3) is 0 Å². The van der Waals surface area contributed by atoms with E-state index in [4.69, 9.17) is 5.11 Å². The maximum atomic E-state index is 11.7. The van der Waals surface area contributed by atoms with E-state index in [-0.39, 0.29) is 5.75 Å². The first kappa shape index (κ1) is 13.0. The third kappa shape index (κ3) is 2.72. The zero-order valence-electron chi connectivity index (χ0n) is 9.05. The summed E-state index contributed by atoms with van der Waals surface area (Å²) in [6, 6.07) is 0. The van der Waals surface area contributed by atoms with E-state index < -0.39 is 33.5 Å². The maximum absolute atomic E-state index is 11.7. The molecule has 92 valence electrons. The molecule has 0 aromatic carbocycles. The van der Waals surface area contributed by atoms with E-state index in [0.29, 0.717) is 19.4 Å². The van der Waals surface area contributed by atoms with Crippen LogP contribution in [-0.4, -0.2) is 54.4 Å². The van der Waals surface area contributed by atoms with E-state index in [9.17, 15) is 18.0 Å². The minimum absolute atomic E-state index is 0.0929. The monoisotopic (exact) mass is 249 g/mol. The Balaban J connectivity index is 2.83. The zero-order chi connectivity index (χ0) is 12.3.